The maximum atomic E-state index is 13.6. The summed E-state index contributed by atoms with van der Waals surface area (Å²) >= 11 is 0. The second-order valence-corrected chi connectivity index (χ2v) is 4.58. The van der Waals surface area contributed by atoms with Crippen molar-refractivity contribution in [3.8, 4) is 5.75 Å². The minimum Gasteiger partial charge on any atom is -0.619 e. The van der Waals surface area contributed by atoms with Gasteiger partial charge in [0, 0.05) is 25.7 Å². The summed E-state index contributed by atoms with van der Waals surface area (Å²) in [6.07, 6.45) is 2.52. The molecule has 110 valence electrons. The van der Waals surface area contributed by atoms with Crippen LogP contribution in [0, 0.1) is 11.0 Å². The number of pyridine rings is 1. The second kappa shape index (κ2) is 6.21. The molecule has 0 saturated heterocycles. The van der Waals surface area contributed by atoms with Gasteiger partial charge in [0.1, 0.15) is 0 Å². The highest BCUT2D eigenvalue weighted by Gasteiger charge is 2.14. The number of ether oxygens (including phenoxy) is 1. The van der Waals surface area contributed by atoms with E-state index in [0.29, 0.717) is 15.9 Å². The molecule has 0 radical (unpaired) electrons. The number of nitrogens with zero attached hydrogens (tertiary/aromatic N) is 2. The van der Waals surface area contributed by atoms with Crippen LogP contribution in [-0.2, 0) is 6.54 Å². The zero-order chi connectivity index (χ0) is 15.4. The molecule has 2 aromatic rings. The van der Waals surface area contributed by atoms with Crippen LogP contribution in [0.4, 0.5) is 4.39 Å². The molecular weight excluding hydrogens is 275 g/mol. The Morgan fingerprint density at radius 1 is 1.33 bits per heavy atom. The minimum absolute atomic E-state index is 0.163. The molecule has 21 heavy (non-hydrogen) atoms. The van der Waals surface area contributed by atoms with Crippen molar-refractivity contribution in [2.24, 2.45) is 0 Å². The number of rotatable bonds is 4. The normalized spacial score (nSPS) is 10.2. The highest BCUT2D eigenvalue weighted by molar-refractivity contribution is 5.93. The lowest BCUT2D eigenvalue weighted by Gasteiger charge is -2.17. The van der Waals surface area contributed by atoms with Gasteiger partial charge in [0.2, 0.25) is 0 Å². The number of amides is 1. The van der Waals surface area contributed by atoms with E-state index >= 15 is 0 Å². The summed E-state index contributed by atoms with van der Waals surface area (Å²) in [5.41, 5.74) is 1.05. The summed E-state index contributed by atoms with van der Waals surface area (Å²) in [5, 5.41) is 10.9. The lowest BCUT2D eigenvalue weighted by atomic mass is 10.1. The number of benzene rings is 1. The number of carbonyl (C=O) groups excluding carboxylic acids is 1. The maximum absolute atomic E-state index is 13.6. The molecule has 2 rings (SSSR count). The van der Waals surface area contributed by atoms with Crippen LogP contribution in [0.2, 0.25) is 0 Å². The van der Waals surface area contributed by atoms with Crippen molar-refractivity contribution in [2.45, 2.75) is 6.54 Å². The lowest BCUT2D eigenvalue weighted by molar-refractivity contribution is -0.605. The third-order valence-electron chi connectivity index (χ3n) is 3.03. The van der Waals surface area contributed by atoms with E-state index in [1.807, 2.05) is 0 Å². The van der Waals surface area contributed by atoms with Crippen molar-refractivity contribution in [3.05, 3.63) is 64.9 Å². The maximum Gasteiger partial charge on any atom is 0.254 e. The fraction of sp³-hybridized carbons (Fsp3) is 0.200. The quantitative estimate of drug-likeness (QED) is 0.636. The Bertz CT molecular complexity index is 644. The van der Waals surface area contributed by atoms with E-state index in [4.69, 9.17) is 4.74 Å². The first-order valence-electron chi connectivity index (χ1n) is 6.28. The number of carbonyl (C=O) groups is 1. The van der Waals surface area contributed by atoms with Gasteiger partial charge in [-0.05, 0) is 17.7 Å². The van der Waals surface area contributed by atoms with Gasteiger partial charge in [-0.15, -0.1) is 0 Å². The van der Waals surface area contributed by atoms with Crippen molar-refractivity contribution < 1.29 is 18.7 Å². The summed E-state index contributed by atoms with van der Waals surface area (Å²) in [6.45, 7) is 0.256. The van der Waals surface area contributed by atoms with Gasteiger partial charge >= 0.3 is 0 Å². The molecule has 0 spiro atoms. The molecule has 1 heterocycles. The Labute approximate surface area is 121 Å². The van der Waals surface area contributed by atoms with Gasteiger partial charge in [0.25, 0.3) is 5.91 Å². The van der Waals surface area contributed by atoms with E-state index in [1.165, 1.54) is 48.7 Å². The van der Waals surface area contributed by atoms with Gasteiger partial charge in [-0.25, -0.2) is 4.39 Å². The van der Waals surface area contributed by atoms with E-state index in [-0.39, 0.29) is 18.2 Å². The fourth-order valence-electron chi connectivity index (χ4n) is 1.93. The smallest absolute Gasteiger partial charge is 0.254 e. The van der Waals surface area contributed by atoms with Crippen LogP contribution in [0.15, 0.2) is 42.7 Å². The SMILES string of the molecule is COc1ccc(CN(C)C(=O)c2cc[n+]([O-])cc2)cc1F. The number of aromatic nitrogens is 1. The first kappa shape index (κ1) is 14.8. The molecule has 1 amide bonds. The summed E-state index contributed by atoms with van der Waals surface area (Å²) in [4.78, 5) is 13.6. The Balaban J connectivity index is 2.10. The Kier molecular flexibility index (Phi) is 4.37. The molecule has 0 N–H and O–H groups in total. The molecule has 0 fully saturated rings. The largest absolute Gasteiger partial charge is 0.619 e. The van der Waals surface area contributed by atoms with Crippen LogP contribution in [-0.4, -0.2) is 25.0 Å². The topological polar surface area (TPSA) is 56.5 Å². The van der Waals surface area contributed by atoms with E-state index in [2.05, 4.69) is 0 Å². The van der Waals surface area contributed by atoms with Gasteiger partial charge in [-0.3, -0.25) is 4.79 Å². The highest BCUT2D eigenvalue weighted by atomic mass is 19.1. The Morgan fingerprint density at radius 3 is 2.57 bits per heavy atom. The monoisotopic (exact) mass is 290 g/mol. The number of hydrogen-bond acceptors (Lipinski definition) is 3. The van der Waals surface area contributed by atoms with E-state index in [1.54, 1.807) is 13.1 Å². The van der Waals surface area contributed by atoms with Gasteiger partial charge in [-0.2, -0.15) is 4.73 Å². The van der Waals surface area contributed by atoms with Crippen molar-refractivity contribution in [1.29, 1.82) is 0 Å². The molecular formula is C15H15FN2O3. The van der Waals surface area contributed by atoms with Gasteiger partial charge in [0.15, 0.2) is 24.0 Å². The first-order chi connectivity index (χ1) is 10.0. The molecule has 0 unspecified atom stereocenters. The Hall–Kier alpha value is -2.63. The average molecular weight is 290 g/mol. The number of halogens is 1. The van der Waals surface area contributed by atoms with Crippen LogP contribution in [0.1, 0.15) is 15.9 Å². The zero-order valence-electron chi connectivity index (χ0n) is 11.7. The molecule has 0 aliphatic rings. The van der Waals surface area contributed by atoms with Crippen molar-refractivity contribution in [3.63, 3.8) is 0 Å². The predicted octanol–water partition coefficient (Wildman–Crippen LogP) is 1.74. The van der Waals surface area contributed by atoms with E-state index in [9.17, 15) is 14.4 Å². The van der Waals surface area contributed by atoms with Crippen LogP contribution in [0.3, 0.4) is 0 Å². The van der Waals surface area contributed by atoms with Crippen molar-refractivity contribution in [2.75, 3.05) is 14.2 Å². The van der Waals surface area contributed by atoms with Crippen LogP contribution >= 0.6 is 0 Å². The summed E-state index contributed by atoms with van der Waals surface area (Å²) in [5.74, 6) is -0.550. The molecule has 0 saturated carbocycles. The van der Waals surface area contributed by atoms with E-state index in [0.717, 1.165) is 0 Å². The molecule has 6 heteroatoms. The molecule has 0 atom stereocenters. The number of hydrogen-bond donors (Lipinski definition) is 0. The second-order valence-electron chi connectivity index (χ2n) is 4.58. The van der Waals surface area contributed by atoms with Crippen molar-refractivity contribution in [1.82, 2.24) is 4.90 Å². The van der Waals surface area contributed by atoms with E-state index < -0.39 is 5.82 Å². The molecule has 1 aromatic carbocycles. The number of methoxy groups -OCH3 is 1. The predicted molar refractivity (Wildman–Crippen MR) is 74.2 cm³/mol. The van der Waals surface area contributed by atoms with Crippen LogP contribution in [0.25, 0.3) is 0 Å². The minimum atomic E-state index is -0.469. The molecule has 5 nitrogen and oxygen atoms in total. The molecule has 1 aromatic heterocycles. The van der Waals surface area contributed by atoms with Crippen LogP contribution in [0.5, 0.6) is 5.75 Å². The zero-order valence-corrected chi connectivity index (χ0v) is 11.7. The van der Waals surface area contributed by atoms with Gasteiger partial charge in [0.05, 0.1) is 12.7 Å². The van der Waals surface area contributed by atoms with Gasteiger partial charge in [-0.1, -0.05) is 6.07 Å². The van der Waals surface area contributed by atoms with Crippen LogP contribution < -0.4 is 9.47 Å². The highest BCUT2D eigenvalue weighted by Crippen LogP contribution is 2.18. The fourth-order valence-corrected chi connectivity index (χ4v) is 1.93. The molecule has 0 bridgehead atoms. The summed E-state index contributed by atoms with van der Waals surface area (Å²) < 4.78 is 19.1. The molecule has 0 aliphatic carbocycles. The summed E-state index contributed by atoms with van der Waals surface area (Å²) in [6, 6.07) is 7.44. The third-order valence-corrected chi connectivity index (χ3v) is 3.03. The Morgan fingerprint density at radius 2 is 2.00 bits per heavy atom. The standard InChI is InChI=1S/C15H15FN2O3/c1-17(15(19)12-5-7-18(20)8-6-12)10-11-3-4-14(21-2)13(16)9-11/h3-9H,10H2,1-2H3. The summed E-state index contributed by atoms with van der Waals surface area (Å²) in [7, 11) is 3.01. The molecule has 0 aliphatic heterocycles. The van der Waals surface area contributed by atoms with Crippen molar-refractivity contribution >= 4 is 5.91 Å². The average Bonchev–Trinajstić information content (AvgIpc) is 2.47. The first-order valence-corrected chi connectivity index (χ1v) is 6.28. The third kappa shape index (κ3) is 3.47. The lowest BCUT2D eigenvalue weighted by Crippen LogP contribution is -2.29. The van der Waals surface area contributed by atoms with Gasteiger partial charge < -0.3 is 14.8 Å².